The molecule has 1 heterocycles. The molecule has 94 valence electrons. The number of rotatable bonds is 3. The highest BCUT2D eigenvalue weighted by Crippen LogP contribution is 2.25. The van der Waals surface area contributed by atoms with Gasteiger partial charge < -0.3 is 5.73 Å². The minimum Gasteiger partial charge on any atom is -0.326 e. The maximum atomic E-state index is 5.53. The van der Waals surface area contributed by atoms with Gasteiger partial charge in [-0.15, -0.1) is 0 Å². The van der Waals surface area contributed by atoms with Gasteiger partial charge in [-0.25, -0.2) is 0 Å². The van der Waals surface area contributed by atoms with Crippen molar-refractivity contribution in [1.82, 2.24) is 4.98 Å². The normalized spacial score (nSPS) is 17.0. The molecule has 2 rings (SSSR count). The third-order valence-corrected chi connectivity index (χ3v) is 3.27. The summed E-state index contributed by atoms with van der Waals surface area (Å²) in [6.45, 7) is 0.569. The van der Waals surface area contributed by atoms with Gasteiger partial charge in [0, 0.05) is 12.7 Å². The van der Waals surface area contributed by atoms with Crippen LogP contribution in [0.25, 0.3) is 6.08 Å². The van der Waals surface area contributed by atoms with Gasteiger partial charge in [-0.05, 0) is 36.5 Å². The minimum atomic E-state index is 0. The van der Waals surface area contributed by atoms with Crippen LogP contribution in [0.2, 0.25) is 0 Å². The molecule has 0 unspecified atom stereocenters. The number of nitrogens with two attached hydrogens (primary N) is 1. The van der Waals surface area contributed by atoms with E-state index in [-0.39, 0.29) is 7.43 Å². The quantitative estimate of drug-likeness (QED) is 0.861. The first-order valence-electron chi connectivity index (χ1n) is 6.21. The summed E-state index contributed by atoms with van der Waals surface area (Å²) in [7, 11) is 0. The fourth-order valence-electron chi connectivity index (χ4n) is 2.22. The van der Waals surface area contributed by atoms with Crippen molar-refractivity contribution in [1.29, 1.82) is 0 Å². The van der Waals surface area contributed by atoms with E-state index in [2.05, 4.69) is 17.1 Å². The molecule has 1 aromatic heterocycles. The highest BCUT2D eigenvalue weighted by molar-refractivity contribution is 5.44. The van der Waals surface area contributed by atoms with Crippen molar-refractivity contribution in [2.24, 2.45) is 11.7 Å². The van der Waals surface area contributed by atoms with Crippen LogP contribution in [-0.4, -0.2) is 4.98 Å². The summed E-state index contributed by atoms with van der Waals surface area (Å²) in [4.78, 5) is 4.37. The van der Waals surface area contributed by atoms with E-state index in [1.165, 1.54) is 32.1 Å². The molecule has 0 bridgehead atoms. The molecular weight excluding hydrogens is 208 g/mol. The van der Waals surface area contributed by atoms with Gasteiger partial charge in [0.15, 0.2) is 0 Å². The second kappa shape index (κ2) is 7.23. The number of hydrogen-bond donors (Lipinski definition) is 1. The van der Waals surface area contributed by atoms with E-state index in [0.717, 1.165) is 17.2 Å². The van der Waals surface area contributed by atoms with Crippen LogP contribution in [0.4, 0.5) is 0 Å². The van der Waals surface area contributed by atoms with Crippen molar-refractivity contribution in [3.05, 3.63) is 35.7 Å². The van der Waals surface area contributed by atoms with Gasteiger partial charge in [0.1, 0.15) is 0 Å². The van der Waals surface area contributed by atoms with E-state index in [0.29, 0.717) is 6.54 Å². The van der Waals surface area contributed by atoms with Gasteiger partial charge in [0.25, 0.3) is 0 Å². The highest BCUT2D eigenvalue weighted by Gasteiger charge is 2.09. The fraction of sp³-hybridized carbons (Fsp3) is 0.533. The lowest BCUT2D eigenvalue weighted by molar-refractivity contribution is 0.420. The average molecular weight is 232 g/mol. The molecule has 1 aliphatic carbocycles. The number of allylic oxidation sites excluding steroid dienone is 1. The Bertz CT molecular complexity index is 334. The van der Waals surface area contributed by atoms with Crippen LogP contribution in [0.5, 0.6) is 0 Å². The zero-order chi connectivity index (χ0) is 11.2. The van der Waals surface area contributed by atoms with E-state index in [1.807, 2.05) is 18.3 Å². The minimum absolute atomic E-state index is 0. The molecule has 2 heteroatoms. The largest absolute Gasteiger partial charge is 0.326 e. The second-order valence-corrected chi connectivity index (χ2v) is 4.55. The summed E-state index contributed by atoms with van der Waals surface area (Å²) >= 11 is 0. The summed E-state index contributed by atoms with van der Waals surface area (Å²) in [6, 6.07) is 4.09. The van der Waals surface area contributed by atoms with E-state index < -0.39 is 0 Å². The third kappa shape index (κ3) is 4.31. The lowest BCUT2D eigenvalue weighted by Gasteiger charge is -2.17. The Kier molecular flexibility index (Phi) is 5.92. The van der Waals surface area contributed by atoms with E-state index in [1.54, 1.807) is 0 Å². The maximum absolute atomic E-state index is 5.53. The Morgan fingerprint density at radius 1 is 1.24 bits per heavy atom. The molecule has 1 aliphatic rings. The summed E-state index contributed by atoms with van der Waals surface area (Å²) in [5.41, 5.74) is 7.67. The van der Waals surface area contributed by atoms with E-state index >= 15 is 0 Å². The molecule has 0 aromatic carbocycles. The van der Waals surface area contributed by atoms with Gasteiger partial charge in [0.2, 0.25) is 0 Å². The molecule has 0 spiro atoms. The number of aromatic nitrogens is 1. The van der Waals surface area contributed by atoms with Crippen LogP contribution in [0.1, 0.15) is 50.8 Å². The van der Waals surface area contributed by atoms with Crippen molar-refractivity contribution in [3.8, 4) is 0 Å². The SMILES string of the molecule is C.NCc1ccc(/C=C/C2CCCCC2)nc1. The van der Waals surface area contributed by atoms with E-state index in [9.17, 15) is 0 Å². The first kappa shape index (κ1) is 13.9. The smallest absolute Gasteiger partial charge is 0.0626 e. The number of nitrogens with zero attached hydrogens (tertiary/aromatic N) is 1. The molecule has 2 N–H and O–H groups in total. The lowest BCUT2D eigenvalue weighted by atomic mass is 9.89. The first-order valence-corrected chi connectivity index (χ1v) is 6.21. The Morgan fingerprint density at radius 2 is 2.00 bits per heavy atom. The molecular formula is C15H24N2. The van der Waals surface area contributed by atoms with Gasteiger partial charge in [-0.1, -0.05) is 38.8 Å². The molecule has 0 saturated heterocycles. The monoisotopic (exact) mass is 232 g/mol. The summed E-state index contributed by atoms with van der Waals surface area (Å²) < 4.78 is 0. The van der Waals surface area contributed by atoms with Crippen molar-refractivity contribution < 1.29 is 0 Å². The van der Waals surface area contributed by atoms with Crippen molar-refractivity contribution in [2.45, 2.75) is 46.1 Å². The topological polar surface area (TPSA) is 38.9 Å². The maximum Gasteiger partial charge on any atom is 0.0626 e. The van der Waals surface area contributed by atoms with Crippen molar-refractivity contribution in [3.63, 3.8) is 0 Å². The van der Waals surface area contributed by atoms with Crippen molar-refractivity contribution in [2.75, 3.05) is 0 Å². The Labute approximate surface area is 105 Å². The van der Waals surface area contributed by atoms with Gasteiger partial charge in [-0.3, -0.25) is 4.98 Å². The molecule has 1 fully saturated rings. The van der Waals surface area contributed by atoms with E-state index in [4.69, 9.17) is 5.73 Å². The Hall–Kier alpha value is -1.15. The molecule has 1 aromatic rings. The molecule has 17 heavy (non-hydrogen) atoms. The van der Waals surface area contributed by atoms with Gasteiger partial charge in [0.05, 0.1) is 5.69 Å². The summed E-state index contributed by atoms with van der Waals surface area (Å²) in [5.74, 6) is 0.768. The van der Waals surface area contributed by atoms with Crippen LogP contribution in [-0.2, 0) is 6.54 Å². The number of pyridine rings is 1. The predicted molar refractivity (Wildman–Crippen MR) is 74.5 cm³/mol. The molecule has 2 nitrogen and oxygen atoms in total. The Morgan fingerprint density at radius 3 is 2.59 bits per heavy atom. The van der Waals surface area contributed by atoms with Crippen LogP contribution >= 0.6 is 0 Å². The summed E-state index contributed by atoms with van der Waals surface area (Å²) in [5, 5.41) is 0. The summed E-state index contributed by atoms with van der Waals surface area (Å²) in [6.07, 6.45) is 13.2. The average Bonchev–Trinajstić information content (AvgIpc) is 2.38. The van der Waals surface area contributed by atoms with Crippen LogP contribution < -0.4 is 5.73 Å². The zero-order valence-corrected chi connectivity index (χ0v) is 9.73. The molecule has 0 atom stereocenters. The first-order chi connectivity index (χ1) is 7.88. The lowest BCUT2D eigenvalue weighted by Crippen LogP contribution is -2.02. The molecule has 1 saturated carbocycles. The predicted octanol–water partition coefficient (Wildman–Crippen LogP) is 3.77. The fourth-order valence-corrected chi connectivity index (χ4v) is 2.22. The van der Waals surface area contributed by atoms with Gasteiger partial charge in [-0.2, -0.15) is 0 Å². The van der Waals surface area contributed by atoms with Crippen LogP contribution in [0.3, 0.4) is 0 Å². The second-order valence-electron chi connectivity index (χ2n) is 4.55. The van der Waals surface area contributed by atoms with Gasteiger partial charge >= 0.3 is 0 Å². The Balaban J connectivity index is 0.00000144. The molecule has 0 radical (unpaired) electrons. The van der Waals surface area contributed by atoms with Crippen LogP contribution in [0.15, 0.2) is 24.4 Å². The standard InChI is InChI=1S/C14H20N2.CH4/c15-10-13-7-9-14(16-11-13)8-6-12-4-2-1-3-5-12;/h6-9,11-12H,1-5,10,15H2;1H4/b8-6+;. The highest BCUT2D eigenvalue weighted by atomic mass is 14.7. The number of hydrogen-bond acceptors (Lipinski definition) is 2. The molecule has 0 amide bonds. The van der Waals surface area contributed by atoms with Crippen molar-refractivity contribution >= 4 is 6.08 Å². The molecule has 0 aliphatic heterocycles. The zero-order valence-electron chi connectivity index (χ0n) is 9.73. The van der Waals surface area contributed by atoms with Crippen LogP contribution in [0, 0.1) is 5.92 Å². The third-order valence-electron chi connectivity index (χ3n) is 3.27.